The molecule has 0 aliphatic carbocycles. The number of hydrogen-bond acceptors (Lipinski definition) is 2. The summed E-state index contributed by atoms with van der Waals surface area (Å²) in [5.74, 6) is 0. The Morgan fingerprint density at radius 2 is 2.07 bits per heavy atom. The molecule has 1 rings (SSSR count). The number of thiophene rings is 1. The molecule has 1 heterocycles. The number of alkyl halides is 3. The van der Waals surface area contributed by atoms with Crippen molar-refractivity contribution in [1.82, 2.24) is 0 Å². The predicted molar refractivity (Wildman–Crippen MR) is 56.3 cm³/mol. The Kier molecular flexibility index (Phi) is 4.43. The van der Waals surface area contributed by atoms with E-state index in [1.807, 2.05) is 0 Å². The maximum Gasteiger partial charge on any atom is 0.389 e. The number of halogens is 4. The first-order valence-corrected chi connectivity index (χ1v) is 5.63. The van der Waals surface area contributed by atoms with E-state index in [1.165, 1.54) is 11.3 Å². The lowest BCUT2D eigenvalue weighted by molar-refractivity contribution is -0.136. The molecule has 0 aromatic carbocycles. The van der Waals surface area contributed by atoms with Crippen molar-refractivity contribution in [1.29, 1.82) is 0 Å². The van der Waals surface area contributed by atoms with E-state index in [0.29, 0.717) is 10.8 Å². The van der Waals surface area contributed by atoms with Gasteiger partial charge >= 0.3 is 6.18 Å². The highest BCUT2D eigenvalue weighted by Crippen LogP contribution is 2.25. The normalized spacial score (nSPS) is 14.2. The summed E-state index contributed by atoms with van der Waals surface area (Å²) in [6.07, 6.45) is -4.54. The number of nitrogens with two attached hydrogens (primary N) is 1. The molecule has 1 aromatic heterocycles. The molecule has 0 aliphatic heterocycles. The van der Waals surface area contributed by atoms with Crippen LogP contribution in [0.25, 0.3) is 0 Å². The summed E-state index contributed by atoms with van der Waals surface area (Å²) in [5.41, 5.74) is 5.59. The molecule has 1 unspecified atom stereocenters. The SMILES string of the molecule is NC(CCC(F)(F)F)Cc1ccc(Cl)s1. The summed E-state index contributed by atoms with van der Waals surface area (Å²) in [6, 6.07) is 3.06. The summed E-state index contributed by atoms with van der Waals surface area (Å²) in [4.78, 5) is 0.926. The Hall–Kier alpha value is -0.260. The largest absolute Gasteiger partial charge is 0.389 e. The summed E-state index contributed by atoms with van der Waals surface area (Å²) < 4.78 is 36.3. The monoisotopic (exact) mass is 257 g/mol. The first kappa shape index (κ1) is 12.8. The maximum absolute atomic E-state index is 11.9. The highest BCUT2D eigenvalue weighted by Gasteiger charge is 2.27. The molecule has 0 fully saturated rings. The molecular weight excluding hydrogens is 247 g/mol. The zero-order valence-corrected chi connectivity index (χ0v) is 9.42. The average molecular weight is 258 g/mol. The lowest BCUT2D eigenvalue weighted by Gasteiger charge is -2.11. The Morgan fingerprint density at radius 3 is 2.53 bits per heavy atom. The van der Waals surface area contributed by atoms with Crippen LogP contribution in [-0.2, 0) is 6.42 Å². The standard InChI is InChI=1S/C9H11ClF3NS/c10-8-2-1-7(15-8)5-6(14)3-4-9(11,12)13/h1-2,6H,3-5,14H2. The van der Waals surface area contributed by atoms with Crippen molar-refractivity contribution in [2.24, 2.45) is 5.73 Å². The molecule has 0 saturated carbocycles. The van der Waals surface area contributed by atoms with Crippen molar-refractivity contribution in [2.75, 3.05) is 0 Å². The van der Waals surface area contributed by atoms with E-state index in [9.17, 15) is 13.2 Å². The minimum Gasteiger partial charge on any atom is -0.327 e. The molecule has 6 heteroatoms. The highest BCUT2D eigenvalue weighted by molar-refractivity contribution is 7.16. The van der Waals surface area contributed by atoms with Gasteiger partial charge in [-0.1, -0.05) is 11.6 Å². The molecule has 2 N–H and O–H groups in total. The fourth-order valence-corrected chi connectivity index (χ4v) is 2.35. The molecule has 86 valence electrons. The molecule has 1 nitrogen and oxygen atoms in total. The molecule has 0 amide bonds. The van der Waals surface area contributed by atoms with E-state index in [0.717, 1.165) is 4.88 Å². The minimum atomic E-state index is -4.12. The first-order valence-electron chi connectivity index (χ1n) is 4.43. The summed E-state index contributed by atoms with van der Waals surface area (Å²) >= 11 is 7.04. The summed E-state index contributed by atoms with van der Waals surface area (Å²) in [7, 11) is 0. The smallest absolute Gasteiger partial charge is 0.327 e. The van der Waals surface area contributed by atoms with E-state index >= 15 is 0 Å². The van der Waals surface area contributed by atoms with Gasteiger partial charge in [-0.2, -0.15) is 13.2 Å². The van der Waals surface area contributed by atoms with Gasteiger partial charge in [-0.05, 0) is 25.0 Å². The first-order chi connectivity index (χ1) is 6.87. The van der Waals surface area contributed by atoms with E-state index < -0.39 is 18.6 Å². The van der Waals surface area contributed by atoms with Gasteiger partial charge in [0.15, 0.2) is 0 Å². The van der Waals surface area contributed by atoms with Crippen LogP contribution in [0.2, 0.25) is 4.34 Å². The zero-order valence-electron chi connectivity index (χ0n) is 7.85. The van der Waals surface area contributed by atoms with Crippen molar-refractivity contribution < 1.29 is 13.2 Å². The van der Waals surface area contributed by atoms with Crippen molar-refractivity contribution in [3.63, 3.8) is 0 Å². The number of hydrogen-bond donors (Lipinski definition) is 1. The van der Waals surface area contributed by atoms with Crippen molar-refractivity contribution in [3.8, 4) is 0 Å². The van der Waals surface area contributed by atoms with Gasteiger partial charge in [0.2, 0.25) is 0 Å². The van der Waals surface area contributed by atoms with Gasteiger partial charge in [-0.15, -0.1) is 11.3 Å². The highest BCUT2D eigenvalue weighted by atomic mass is 35.5. The lowest BCUT2D eigenvalue weighted by atomic mass is 10.1. The van der Waals surface area contributed by atoms with Crippen LogP contribution in [0.1, 0.15) is 17.7 Å². The molecule has 0 bridgehead atoms. The van der Waals surface area contributed by atoms with E-state index in [-0.39, 0.29) is 6.42 Å². The molecule has 15 heavy (non-hydrogen) atoms. The van der Waals surface area contributed by atoms with Crippen LogP contribution in [-0.4, -0.2) is 12.2 Å². The second-order valence-electron chi connectivity index (χ2n) is 3.32. The predicted octanol–water partition coefficient (Wildman–Crippen LogP) is 3.61. The van der Waals surface area contributed by atoms with Gasteiger partial charge < -0.3 is 5.73 Å². The fourth-order valence-electron chi connectivity index (χ4n) is 1.17. The topological polar surface area (TPSA) is 26.0 Å². The zero-order chi connectivity index (χ0) is 11.5. The Morgan fingerprint density at radius 1 is 1.40 bits per heavy atom. The third-order valence-corrected chi connectivity index (χ3v) is 3.14. The van der Waals surface area contributed by atoms with Crippen molar-refractivity contribution in [2.45, 2.75) is 31.5 Å². The van der Waals surface area contributed by atoms with Gasteiger partial charge in [0.05, 0.1) is 4.34 Å². The molecule has 1 atom stereocenters. The van der Waals surface area contributed by atoms with Crippen LogP contribution in [0, 0.1) is 0 Å². The van der Waals surface area contributed by atoms with Gasteiger partial charge in [-0.3, -0.25) is 0 Å². The van der Waals surface area contributed by atoms with Gasteiger partial charge in [0.25, 0.3) is 0 Å². The second kappa shape index (κ2) is 5.18. The van der Waals surface area contributed by atoms with E-state index in [2.05, 4.69) is 0 Å². The molecule has 0 saturated heterocycles. The van der Waals surface area contributed by atoms with Crippen LogP contribution in [0.5, 0.6) is 0 Å². The van der Waals surface area contributed by atoms with Crippen LogP contribution in [0.3, 0.4) is 0 Å². The quantitative estimate of drug-likeness (QED) is 0.876. The van der Waals surface area contributed by atoms with Crippen LogP contribution in [0.15, 0.2) is 12.1 Å². The van der Waals surface area contributed by atoms with Crippen molar-refractivity contribution in [3.05, 3.63) is 21.3 Å². The molecular formula is C9H11ClF3NS. The lowest BCUT2D eigenvalue weighted by Crippen LogP contribution is -2.24. The minimum absolute atomic E-state index is 0.0426. The van der Waals surface area contributed by atoms with Gasteiger partial charge in [0.1, 0.15) is 0 Å². The third-order valence-electron chi connectivity index (χ3n) is 1.89. The fraction of sp³-hybridized carbons (Fsp3) is 0.556. The average Bonchev–Trinajstić information content (AvgIpc) is 2.47. The van der Waals surface area contributed by atoms with E-state index in [1.54, 1.807) is 12.1 Å². The maximum atomic E-state index is 11.9. The second-order valence-corrected chi connectivity index (χ2v) is 5.12. The van der Waals surface area contributed by atoms with Gasteiger partial charge in [0, 0.05) is 17.3 Å². The van der Waals surface area contributed by atoms with Crippen LogP contribution >= 0.6 is 22.9 Å². The summed E-state index contributed by atoms with van der Waals surface area (Å²) in [5, 5.41) is 0. The van der Waals surface area contributed by atoms with Gasteiger partial charge in [-0.25, -0.2) is 0 Å². The molecule has 0 radical (unpaired) electrons. The number of rotatable bonds is 4. The molecule has 0 spiro atoms. The van der Waals surface area contributed by atoms with Crippen LogP contribution < -0.4 is 5.73 Å². The Bertz CT molecular complexity index is 311. The van der Waals surface area contributed by atoms with Crippen LogP contribution in [0.4, 0.5) is 13.2 Å². The van der Waals surface area contributed by atoms with Crippen molar-refractivity contribution >= 4 is 22.9 Å². The molecule has 1 aromatic rings. The Labute approximate surface area is 95.0 Å². The summed E-state index contributed by atoms with van der Waals surface area (Å²) in [6.45, 7) is 0. The van der Waals surface area contributed by atoms with E-state index in [4.69, 9.17) is 17.3 Å². The third kappa shape index (κ3) is 5.39. The molecule has 0 aliphatic rings. The Balaban J connectivity index is 2.33.